The van der Waals surface area contributed by atoms with Gasteiger partial charge in [0.1, 0.15) is 0 Å². The summed E-state index contributed by atoms with van der Waals surface area (Å²) in [7, 11) is -3.65. The van der Waals surface area contributed by atoms with Crippen molar-refractivity contribution in [1.82, 2.24) is 5.32 Å². The zero-order valence-corrected chi connectivity index (χ0v) is 12.7. The van der Waals surface area contributed by atoms with E-state index in [9.17, 15) is 13.2 Å². The summed E-state index contributed by atoms with van der Waals surface area (Å²) in [5, 5.41) is 9.96. The summed E-state index contributed by atoms with van der Waals surface area (Å²) in [6, 6.07) is 8.11. The third-order valence-corrected chi connectivity index (χ3v) is 4.68. The van der Waals surface area contributed by atoms with Crippen molar-refractivity contribution in [2.45, 2.75) is 18.0 Å². The van der Waals surface area contributed by atoms with Crippen molar-refractivity contribution >= 4 is 27.3 Å². The van der Waals surface area contributed by atoms with Crippen LogP contribution in [0.25, 0.3) is 0 Å². The first-order valence-electron chi connectivity index (χ1n) is 6.06. The van der Waals surface area contributed by atoms with Crippen LogP contribution in [0.15, 0.2) is 40.6 Å². The van der Waals surface area contributed by atoms with Gasteiger partial charge in [-0.25, -0.2) is 13.6 Å². The molecule has 1 aromatic carbocycles. The molecule has 5 N–H and O–H groups in total. The highest BCUT2D eigenvalue weighted by molar-refractivity contribution is 7.89. The van der Waals surface area contributed by atoms with Crippen molar-refractivity contribution < 1.29 is 13.2 Å². The predicted octanol–water partition coefficient (Wildman–Crippen LogP) is 0.784. The largest absolute Gasteiger partial charge is 0.366 e. The van der Waals surface area contributed by atoms with E-state index in [-0.39, 0.29) is 4.90 Å². The van der Waals surface area contributed by atoms with E-state index in [0.29, 0.717) is 18.7 Å². The number of rotatable bonds is 6. The quantitative estimate of drug-likeness (QED) is 0.728. The Bertz CT molecular complexity index is 736. The van der Waals surface area contributed by atoms with Crippen LogP contribution < -0.4 is 16.2 Å². The highest BCUT2D eigenvalue weighted by Crippen LogP contribution is 2.14. The molecule has 0 fully saturated rings. The lowest BCUT2D eigenvalue weighted by molar-refractivity contribution is 0.100. The van der Waals surface area contributed by atoms with Crippen LogP contribution in [-0.2, 0) is 23.1 Å². The first-order chi connectivity index (χ1) is 9.86. The maximum Gasteiger partial charge on any atom is 0.249 e. The zero-order chi connectivity index (χ0) is 15.5. The molecular formula is C13H15N3O3S2. The van der Waals surface area contributed by atoms with Gasteiger partial charge in [0.2, 0.25) is 15.9 Å². The molecule has 0 radical (unpaired) electrons. The van der Waals surface area contributed by atoms with Crippen molar-refractivity contribution in [3.8, 4) is 0 Å². The number of carbonyl (C=O) groups is 1. The molecule has 1 aromatic heterocycles. The summed E-state index contributed by atoms with van der Waals surface area (Å²) in [5.41, 5.74) is 6.63. The zero-order valence-electron chi connectivity index (χ0n) is 11.1. The molecule has 0 bridgehead atoms. The predicted molar refractivity (Wildman–Crippen MR) is 81.2 cm³/mol. The molecule has 2 aromatic rings. The Hall–Kier alpha value is -1.74. The average Bonchev–Trinajstić information content (AvgIpc) is 2.87. The van der Waals surface area contributed by atoms with Crippen LogP contribution in [0.1, 0.15) is 20.8 Å². The number of nitrogens with two attached hydrogens (primary N) is 2. The number of sulfonamides is 1. The molecule has 0 unspecified atom stereocenters. The third kappa shape index (κ3) is 4.36. The monoisotopic (exact) mass is 325 g/mol. The highest BCUT2D eigenvalue weighted by atomic mass is 32.2. The molecule has 8 heteroatoms. The average molecular weight is 325 g/mol. The second-order valence-corrected chi connectivity index (χ2v) is 7.02. The van der Waals surface area contributed by atoms with Gasteiger partial charge in [-0.15, -0.1) is 11.3 Å². The molecule has 6 nitrogen and oxygen atoms in total. The van der Waals surface area contributed by atoms with Crippen molar-refractivity contribution in [2.75, 3.05) is 0 Å². The Balaban J connectivity index is 1.89. The maximum absolute atomic E-state index is 11.1. The maximum atomic E-state index is 11.1. The molecule has 0 aliphatic carbocycles. The molecule has 112 valence electrons. The molecule has 0 aliphatic heterocycles. The van der Waals surface area contributed by atoms with Gasteiger partial charge in [-0.3, -0.25) is 4.79 Å². The number of hydrogen-bond acceptors (Lipinski definition) is 5. The Morgan fingerprint density at radius 2 is 1.86 bits per heavy atom. The van der Waals surface area contributed by atoms with E-state index in [1.165, 1.54) is 23.5 Å². The fraction of sp³-hybridized carbons (Fsp3) is 0.154. The lowest BCUT2D eigenvalue weighted by Gasteiger charge is -2.04. The van der Waals surface area contributed by atoms with E-state index in [1.54, 1.807) is 23.6 Å². The number of amides is 1. The summed E-state index contributed by atoms with van der Waals surface area (Å²) >= 11 is 1.46. The second-order valence-electron chi connectivity index (χ2n) is 4.46. The minimum atomic E-state index is -3.65. The smallest absolute Gasteiger partial charge is 0.249 e. The molecule has 0 saturated heterocycles. The Morgan fingerprint density at radius 3 is 2.38 bits per heavy atom. The summed E-state index contributed by atoms with van der Waals surface area (Å²) in [6.45, 7) is 1.18. The molecule has 0 aliphatic rings. The van der Waals surface area contributed by atoms with Gasteiger partial charge < -0.3 is 11.1 Å². The number of benzene rings is 1. The molecule has 2 rings (SSSR count). The van der Waals surface area contributed by atoms with E-state index < -0.39 is 15.9 Å². The second kappa shape index (κ2) is 6.35. The van der Waals surface area contributed by atoms with Crippen LogP contribution in [0.2, 0.25) is 0 Å². The van der Waals surface area contributed by atoms with Crippen molar-refractivity contribution in [3.63, 3.8) is 0 Å². The number of primary sulfonamides is 1. The highest BCUT2D eigenvalue weighted by Gasteiger charge is 2.07. The molecule has 1 heterocycles. The summed E-state index contributed by atoms with van der Waals surface area (Å²) < 4.78 is 22.3. The summed E-state index contributed by atoms with van der Waals surface area (Å²) in [5.74, 6) is -0.434. The van der Waals surface area contributed by atoms with Gasteiger partial charge in [-0.05, 0) is 23.8 Å². The van der Waals surface area contributed by atoms with E-state index in [2.05, 4.69) is 5.32 Å². The van der Waals surface area contributed by atoms with Gasteiger partial charge in [-0.1, -0.05) is 12.1 Å². The number of thiophene rings is 1. The Kier molecular flexibility index (Phi) is 4.73. The van der Waals surface area contributed by atoms with Gasteiger partial charge in [0.15, 0.2) is 0 Å². The summed E-state index contributed by atoms with van der Waals surface area (Å²) in [6.07, 6.45) is 0. The SMILES string of the molecule is NC(=O)c1csc(CNCc2ccc(S(N)(=O)=O)cc2)c1. The number of primary amides is 1. The van der Waals surface area contributed by atoms with Gasteiger partial charge in [0, 0.05) is 23.3 Å². The molecule has 1 amide bonds. The van der Waals surface area contributed by atoms with Crippen molar-refractivity contribution in [2.24, 2.45) is 10.9 Å². The fourth-order valence-electron chi connectivity index (χ4n) is 1.73. The van der Waals surface area contributed by atoms with Crippen molar-refractivity contribution in [3.05, 3.63) is 51.7 Å². The van der Waals surface area contributed by atoms with Gasteiger partial charge in [0.05, 0.1) is 10.5 Å². The van der Waals surface area contributed by atoms with Crippen LogP contribution in [0, 0.1) is 0 Å². The molecule has 0 saturated carbocycles. The topological polar surface area (TPSA) is 115 Å². The lowest BCUT2D eigenvalue weighted by atomic mass is 10.2. The minimum absolute atomic E-state index is 0.0932. The van der Waals surface area contributed by atoms with E-state index in [0.717, 1.165) is 10.4 Å². The van der Waals surface area contributed by atoms with Crippen LogP contribution in [0.5, 0.6) is 0 Å². The van der Waals surface area contributed by atoms with Gasteiger partial charge >= 0.3 is 0 Å². The Labute approximate surface area is 126 Å². The number of carbonyl (C=O) groups excluding carboxylic acids is 1. The summed E-state index contributed by atoms with van der Waals surface area (Å²) in [4.78, 5) is 12.1. The minimum Gasteiger partial charge on any atom is -0.366 e. The van der Waals surface area contributed by atoms with E-state index in [4.69, 9.17) is 10.9 Å². The van der Waals surface area contributed by atoms with Crippen LogP contribution >= 0.6 is 11.3 Å². The van der Waals surface area contributed by atoms with Crippen LogP contribution in [-0.4, -0.2) is 14.3 Å². The van der Waals surface area contributed by atoms with Gasteiger partial charge in [0.25, 0.3) is 0 Å². The van der Waals surface area contributed by atoms with Gasteiger partial charge in [-0.2, -0.15) is 0 Å². The molecule has 21 heavy (non-hydrogen) atoms. The number of hydrogen-bond donors (Lipinski definition) is 3. The molecular weight excluding hydrogens is 310 g/mol. The number of nitrogens with one attached hydrogen (secondary N) is 1. The fourth-order valence-corrected chi connectivity index (χ4v) is 3.09. The standard InChI is InChI=1S/C13H15N3O3S2/c14-13(17)10-5-11(20-8-10)7-16-6-9-1-3-12(4-2-9)21(15,18)19/h1-5,8,16H,6-7H2,(H2,14,17)(H2,15,18,19). The first kappa shape index (κ1) is 15.6. The lowest BCUT2D eigenvalue weighted by Crippen LogP contribution is -2.14. The van der Waals surface area contributed by atoms with E-state index in [1.807, 2.05) is 0 Å². The molecule has 0 spiro atoms. The van der Waals surface area contributed by atoms with Crippen molar-refractivity contribution in [1.29, 1.82) is 0 Å². The van der Waals surface area contributed by atoms with Crippen LogP contribution in [0.4, 0.5) is 0 Å². The Morgan fingerprint density at radius 1 is 1.19 bits per heavy atom. The van der Waals surface area contributed by atoms with Crippen LogP contribution in [0.3, 0.4) is 0 Å². The third-order valence-electron chi connectivity index (χ3n) is 2.82. The molecule has 0 atom stereocenters. The normalized spacial score (nSPS) is 11.5. The first-order valence-corrected chi connectivity index (χ1v) is 8.48. The van der Waals surface area contributed by atoms with E-state index >= 15 is 0 Å².